The lowest BCUT2D eigenvalue weighted by molar-refractivity contribution is 0.339. The van der Waals surface area contributed by atoms with E-state index in [9.17, 15) is 0 Å². The van der Waals surface area contributed by atoms with E-state index in [1.165, 1.54) is 51.4 Å². The molecule has 0 amide bonds. The molecule has 0 heterocycles. The average Bonchev–Trinajstić information content (AvgIpc) is 2.49. The number of hydrogen-bond acceptors (Lipinski definition) is 3. The first-order chi connectivity index (χ1) is 10.3. The molecule has 21 heavy (non-hydrogen) atoms. The quantitative estimate of drug-likeness (QED) is 0.296. The van der Waals surface area contributed by atoms with Crippen LogP contribution in [0.1, 0.15) is 65.2 Å². The fourth-order valence-corrected chi connectivity index (χ4v) is 3.32. The van der Waals surface area contributed by atoms with Crippen LogP contribution in [0.4, 0.5) is 5.69 Å². The van der Waals surface area contributed by atoms with E-state index in [0.29, 0.717) is 6.61 Å². The summed E-state index contributed by atoms with van der Waals surface area (Å²) in [5.74, 6) is 2.07. The van der Waals surface area contributed by atoms with Gasteiger partial charge < -0.3 is 10.5 Å². The second-order valence-corrected chi connectivity index (χ2v) is 6.59. The number of benzene rings is 1. The third kappa shape index (κ3) is 8.25. The second kappa shape index (κ2) is 11.8. The van der Waals surface area contributed by atoms with Gasteiger partial charge in [-0.2, -0.15) is 0 Å². The van der Waals surface area contributed by atoms with E-state index >= 15 is 0 Å². The molecular weight excluding hydrogens is 278 g/mol. The van der Waals surface area contributed by atoms with Crippen molar-refractivity contribution in [1.29, 1.82) is 0 Å². The number of thioether (sulfide) groups is 1. The number of nitrogen functional groups attached to an aromatic ring is 1. The Hall–Kier alpha value is -0.830. The predicted octanol–water partition coefficient (Wildman–Crippen LogP) is 5.90. The second-order valence-electron chi connectivity index (χ2n) is 5.46. The summed E-state index contributed by atoms with van der Waals surface area (Å²) < 4.78 is 5.52. The molecule has 0 saturated carbocycles. The average molecular weight is 310 g/mol. The highest BCUT2D eigenvalue weighted by atomic mass is 32.2. The minimum Gasteiger partial charge on any atom is -0.494 e. The minimum atomic E-state index is 0.700. The highest BCUT2D eigenvalue weighted by Crippen LogP contribution is 2.30. The number of anilines is 1. The van der Waals surface area contributed by atoms with Crippen LogP contribution in [-0.2, 0) is 0 Å². The Balaban J connectivity index is 2.13. The summed E-state index contributed by atoms with van der Waals surface area (Å²) in [6.45, 7) is 4.97. The van der Waals surface area contributed by atoms with Gasteiger partial charge in [0.05, 0.1) is 6.61 Å². The van der Waals surface area contributed by atoms with E-state index < -0.39 is 0 Å². The summed E-state index contributed by atoms with van der Waals surface area (Å²) in [6, 6.07) is 5.95. The van der Waals surface area contributed by atoms with E-state index in [-0.39, 0.29) is 0 Å². The van der Waals surface area contributed by atoms with Gasteiger partial charge in [-0.05, 0) is 37.3 Å². The summed E-state index contributed by atoms with van der Waals surface area (Å²) in [5.41, 5.74) is 6.88. The van der Waals surface area contributed by atoms with Crippen molar-refractivity contribution in [3.05, 3.63) is 18.2 Å². The van der Waals surface area contributed by atoms with Gasteiger partial charge in [-0.1, -0.05) is 51.9 Å². The van der Waals surface area contributed by atoms with Gasteiger partial charge in [0.25, 0.3) is 0 Å². The first kappa shape index (κ1) is 18.2. The number of rotatable bonds is 12. The van der Waals surface area contributed by atoms with E-state index in [2.05, 4.69) is 13.0 Å². The van der Waals surface area contributed by atoms with E-state index in [4.69, 9.17) is 10.5 Å². The van der Waals surface area contributed by atoms with Crippen LogP contribution < -0.4 is 10.5 Å². The molecule has 0 unspecified atom stereocenters. The Morgan fingerprint density at radius 3 is 2.29 bits per heavy atom. The van der Waals surface area contributed by atoms with Crippen molar-refractivity contribution < 1.29 is 4.74 Å². The lowest BCUT2D eigenvalue weighted by Gasteiger charge is -2.09. The molecule has 120 valence electrons. The van der Waals surface area contributed by atoms with Gasteiger partial charge in [0.1, 0.15) is 5.75 Å². The molecule has 0 fully saturated rings. The number of unbranched alkanes of at least 4 members (excludes halogenated alkanes) is 7. The van der Waals surface area contributed by atoms with E-state index in [1.807, 2.05) is 30.8 Å². The van der Waals surface area contributed by atoms with Gasteiger partial charge >= 0.3 is 0 Å². The van der Waals surface area contributed by atoms with Crippen molar-refractivity contribution in [2.45, 2.75) is 70.1 Å². The highest BCUT2D eigenvalue weighted by Gasteiger charge is 2.02. The minimum absolute atomic E-state index is 0.700. The Kier molecular flexibility index (Phi) is 10.2. The molecular formula is C18H31NOS. The zero-order chi connectivity index (χ0) is 15.3. The Morgan fingerprint density at radius 2 is 1.62 bits per heavy atom. The first-order valence-corrected chi connectivity index (χ1v) is 9.41. The smallest absolute Gasteiger partial charge is 0.120 e. The SMILES string of the molecule is CCCCCCCCCCSc1cc(OCC)ccc1N. The molecule has 0 atom stereocenters. The van der Waals surface area contributed by atoms with E-state index in [0.717, 1.165) is 22.1 Å². The van der Waals surface area contributed by atoms with Gasteiger partial charge in [-0.25, -0.2) is 0 Å². The fourth-order valence-electron chi connectivity index (χ4n) is 2.31. The summed E-state index contributed by atoms with van der Waals surface area (Å²) in [5, 5.41) is 0. The Bertz CT molecular complexity index is 381. The Morgan fingerprint density at radius 1 is 0.952 bits per heavy atom. The molecule has 0 aliphatic carbocycles. The maximum Gasteiger partial charge on any atom is 0.120 e. The van der Waals surface area contributed by atoms with Crippen LogP contribution >= 0.6 is 11.8 Å². The van der Waals surface area contributed by atoms with Crippen LogP contribution in [-0.4, -0.2) is 12.4 Å². The van der Waals surface area contributed by atoms with Crippen molar-refractivity contribution in [2.75, 3.05) is 18.1 Å². The van der Waals surface area contributed by atoms with Crippen molar-refractivity contribution in [3.63, 3.8) is 0 Å². The third-order valence-electron chi connectivity index (χ3n) is 3.55. The molecule has 0 aliphatic rings. The molecule has 1 aromatic rings. The molecule has 0 aromatic heterocycles. The van der Waals surface area contributed by atoms with Gasteiger partial charge in [-0.15, -0.1) is 11.8 Å². The van der Waals surface area contributed by atoms with E-state index in [1.54, 1.807) is 0 Å². The maximum absolute atomic E-state index is 6.02. The van der Waals surface area contributed by atoms with Gasteiger partial charge in [0.15, 0.2) is 0 Å². The highest BCUT2D eigenvalue weighted by molar-refractivity contribution is 7.99. The van der Waals surface area contributed by atoms with Crippen LogP contribution in [0.5, 0.6) is 5.75 Å². The molecule has 1 rings (SSSR count). The molecule has 0 radical (unpaired) electrons. The lowest BCUT2D eigenvalue weighted by atomic mass is 10.1. The van der Waals surface area contributed by atoms with Gasteiger partial charge in [0, 0.05) is 10.6 Å². The van der Waals surface area contributed by atoms with Crippen molar-refractivity contribution in [2.24, 2.45) is 0 Å². The third-order valence-corrected chi connectivity index (χ3v) is 4.71. The molecule has 2 N–H and O–H groups in total. The largest absolute Gasteiger partial charge is 0.494 e. The molecule has 3 heteroatoms. The molecule has 2 nitrogen and oxygen atoms in total. The summed E-state index contributed by atoms with van der Waals surface area (Å²) in [4.78, 5) is 1.16. The topological polar surface area (TPSA) is 35.2 Å². The predicted molar refractivity (Wildman–Crippen MR) is 95.4 cm³/mol. The summed E-state index contributed by atoms with van der Waals surface area (Å²) in [6.07, 6.45) is 10.9. The van der Waals surface area contributed by atoms with Crippen LogP contribution in [0, 0.1) is 0 Å². The summed E-state index contributed by atoms with van der Waals surface area (Å²) >= 11 is 1.85. The zero-order valence-electron chi connectivity index (χ0n) is 13.7. The van der Waals surface area contributed by atoms with Gasteiger partial charge in [-0.3, -0.25) is 0 Å². The fraction of sp³-hybridized carbons (Fsp3) is 0.667. The number of hydrogen-bond donors (Lipinski definition) is 1. The van der Waals surface area contributed by atoms with Gasteiger partial charge in [0.2, 0.25) is 0 Å². The Labute approximate surface area is 134 Å². The molecule has 0 saturated heterocycles. The number of nitrogens with two attached hydrogens (primary N) is 1. The maximum atomic E-state index is 6.02. The molecule has 0 bridgehead atoms. The standard InChI is InChI=1S/C18H31NOS/c1-3-5-6-7-8-9-10-11-14-21-18-15-16(20-4-2)12-13-17(18)19/h12-13,15H,3-11,14,19H2,1-2H3. The van der Waals surface area contributed by atoms with Crippen molar-refractivity contribution >= 4 is 17.4 Å². The number of ether oxygens (including phenoxy) is 1. The molecule has 0 spiro atoms. The summed E-state index contributed by atoms with van der Waals surface area (Å²) in [7, 11) is 0. The molecule has 0 aliphatic heterocycles. The first-order valence-electron chi connectivity index (χ1n) is 8.43. The van der Waals surface area contributed by atoms with Crippen LogP contribution in [0.3, 0.4) is 0 Å². The van der Waals surface area contributed by atoms with Crippen LogP contribution in [0.25, 0.3) is 0 Å². The van der Waals surface area contributed by atoms with Crippen molar-refractivity contribution in [1.82, 2.24) is 0 Å². The van der Waals surface area contributed by atoms with Crippen LogP contribution in [0.15, 0.2) is 23.1 Å². The lowest BCUT2D eigenvalue weighted by Crippen LogP contribution is -1.94. The normalized spacial score (nSPS) is 10.8. The monoisotopic (exact) mass is 309 g/mol. The molecule has 1 aromatic carbocycles. The zero-order valence-corrected chi connectivity index (χ0v) is 14.5. The van der Waals surface area contributed by atoms with Crippen LogP contribution in [0.2, 0.25) is 0 Å². The van der Waals surface area contributed by atoms with Crippen molar-refractivity contribution in [3.8, 4) is 5.75 Å².